The molecule has 0 aliphatic rings. The molecular formula is C20H15Cl2NO3. The van der Waals surface area contributed by atoms with Crippen LogP contribution in [0.4, 0.5) is 5.69 Å². The third kappa shape index (κ3) is 3.98. The van der Waals surface area contributed by atoms with Gasteiger partial charge in [0.25, 0.3) is 5.91 Å². The van der Waals surface area contributed by atoms with E-state index >= 15 is 0 Å². The normalized spacial score (nSPS) is 11.8. The van der Waals surface area contributed by atoms with Crippen LogP contribution in [-0.4, -0.2) is 18.0 Å². The van der Waals surface area contributed by atoms with Crippen LogP contribution in [0.1, 0.15) is 17.3 Å². The smallest absolute Gasteiger partial charge is 0.339 e. The lowest BCUT2D eigenvalue weighted by molar-refractivity contribution is -0.123. The minimum absolute atomic E-state index is 0.343. The molecule has 0 saturated carbocycles. The van der Waals surface area contributed by atoms with Crippen LogP contribution in [0.15, 0.2) is 60.7 Å². The molecule has 1 atom stereocenters. The molecule has 0 spiro atoms. The topological polar surface area (TPSA) is 55.4 Å². The predicted octanol–water partition coefficient (Wildman–Crippen LogP) is 5.33. The van der Waals surface area contributed by atoms with Gasteiger partial charge < -0.3 is 10.1 Å². The second-order valence-electron chi connectivity index (χ2n) is 5.69. The first kappa shape index (κ1) is 18.2. The summed E-state index contributed by atoms with van der Waals surface area (Å²) in [7, 11) is 0. The van der Waals surface area contributed by atoms with Crippen molar-refractivity contribution in [3.63, 3.8) is 0 Å². The summed E-state index contributed by atoms with van der Waals surface area (Å²) in [5.41, 5.74) is 0.765. The third-order valence-corrected chi connectivity index (χ3v) is 4.41. The fraction of sp³-hybridized carbons (Fsp3) is 0.100. The Balaban J connectivity index is 1.74. The van der Waals surface area contributed by atoms with E-state index < -0.39 is 18.0 Å². The Labute approximate surface area is 160 Å². The number of amides is 1. The molecule has 4 nitrogen and oxygen atoms in total. The van der Waals surface area contributed by atoms with Crippen LogP contribution in [0.5, 0.6) is 0 Å². The zero-order chi connectivity index (χ0) is 18.7. The van der Waals surface area contributed by atoms with E-state index in [0.29, 0.717) is 21.3 Å². The SMILES string of the molecule is C[C@@H](OC(=O)c1cccc2ccccc12)C(=O)Nc1cc(Cl)ccc1Cl. The first-order valence-corrected chi connectivity index (χ1v) is 8.66. The van der Waals surface area contributed by atoms with Crippen molar-refractivity contribution in [2.75, 3.05) is 5.32 Å². The molecule has 132 valence electrons. The summed E-state index contributed by atoms with van der Waals surface area (Å²) < 4.78 is 5.32. The molecule has 0 aliphatic heterocycles. The Bertz CT molecular complexity index is 982. The van der Waals surface area contributed by atoms with Gasteiger partial charge in [-0.25, -0.2) is 4.79 Å². The summed E-state index contributed by atoms with van der Waals surface area (Å²) in [6.07, 6.45) is -1.00. The second-order valence-corrected chi connectivity index (χ2v) is 6.53. The standard InChI is InChI=1S/C20H15Cl2NO3/c1-12(19(24)23-18-11-14(21)9-10-17(18)22)26-20(25)16-8-4-6-13-5-2-3-7-15(13)16/h2-12H,1H3,(H,23,24)/t12-/m1/s1. The van der Waals surface area contributed by atoms with Crippen molar-refractivity contribution in [2.45, 2.75) is 13.0 Å². The highest BCUT2D eigenvalue weighted by Gasteiger charge is 2.21. The van der Waals surface area contributed by atoms with Crippen LogP contribution in [0, 0.1) is 0 Å². The Kier molecular flexibility index (Phi) is 5.45. The fourth-order valence-electron chi connectivity index (χ4n) is 2.51. The minimum Gasteiger partial charge on any atom is -0.449 e. The van der Waals surface area contributed by atoms with E-state index in [1.165, 1.54) is 13.0 Å². The number of carbonyl (C=O) groups excluding carboxylic acids is 2. The summed E-state index contributed by atoms with van der Waals surface area (Å²) >= 11 is 11.9. The fourth-order valence-corrected chi connectivity index (χ4v) is 2.85. The van der Waals surface area contributed by atoms with E-state index in [-0.39, 0.29) is 0 Å². The molecule has 0 radical (unpaired) electrons. The molecular weight excluding hydrogens is 373 g/mol. The van der Waals surface area contributed by atoms with Gasteiger partial charge in [0.05, 0.1) is 16.3 Å². The average molecular weight is 388 g/mol. The van der Waals surface area contributed by atoms with Crippen LogP contribution in [0.25, 0.3) is 10.8 Å². The van der Waals surface area contributed by atoms with Gasteiger partial charge in [0.1, 0.15) is 0 Å². The molecule has 0 unspecified atom stereocenters. The van der Waals surface area contributed by atoms with Crippen molar-refractivity contribution in [1.82, 2.24) is 0 Å². The summed E-state index contributed by atoms with van der Waals surface area (Å²) in [5, 5.41) is 5.08. The van der Waals surface area contributed by atoms with E-state index in [2.05, 4.69) is 5.32 Å². The molecule has 1 amide bonds. The largest absolute Gasteiger partial charge is 0.449 e. The van der Waals surface area contributed by atoms with Gasteiger partial charge in [-0.15, -0.1) is 0 Å². The van der Waals surface area contributed by atoms with E-state index in [1.807, 2.05) is 30.3 Å². The number of fused-ring (bicyclic) bond motifs is 1. The molecule has 0 aromatic heterocycles. The van der Waals surface area contributed by atoms with Crippen molar-refractivity contribution in [1.29, 1.82) is 0 Å². The lowest BCUT2D eigenvalue weighted by Gasteiger charge is -2.15. The molecule has 0 fully saturated rings. The molecule has 0 bridgehead atoms. The Morgan fingerprint density at radius 3 is 2.54 bits per heavy atom. The van der Waals surface area contributed by atoms with Gasteiger partial charge in [-0.3, -0.25) is 4.79 Å². The van der Waals surface area contributed by atoms with Crippen molar-refractivity contribution >= 4 is 51.5 Å². The van der Waals surface area contributed by atoms with Gasteiger partial charge >= 0.3 is 5.97 Å². The quantitative estimate of drug-likeness (QED) is 0.615. The number of rotatable bonds is 4. The molecule has 3 aromatic rings. The maximum atomic E-state index is 12.5. The molecule has 0 aliphatic carbocycles. The maximum Gasteiger partial charge on any atom is 0.339 e. The molecule has 3 aromatic carbocycles. The minimum atomic E-state index is -1.00. The first-order chi connectivity index (χ1) is 12.5. The molecule has 1 N–H and O–H groups in total. The summed E-state index contributed by atoms with van der Waals surface area (Å²) in [6.45, 7) is 1.50. The second kappa shape index (κ2) is 7.77. The summed E-state index contributed by atoms with van der Waals surface area (Å²) in [6, 6.07) is 17.5. The molecule has 3 rings (SSSR count). The van der Waals surface area contributed by atoms with Crippen LogP contribution in [0.3, 0.4) is 0 Å². The first-order valence-electron chi connectivity index (χ1n) is 7.90. The number of halogens is 2. The van der Waals surface area contributed by atoms with E-state index in [1.54, 1.807) is 24.3 Å². The monoisotopic (exact) mass is 387 g/mol. The number of benzene rings is 3. The van der Waals surface area contributed by atoms with E-state index in [0.717, 1.165) is 10.8 Å². The number of anilines is 1. The van der Waals surface area contributed by atoms with Gasteiger partial charge in [-0.1, -0.05) is 59.6 Å². The number of esters is 1. The van der Waals surface area contributed by atoms with Gasteiger partial charge in [0.15, 0.2) is 6.10 Å². The predicted molar refractivity (Wildman–Crippen MR) is 104 cm³/mol. The Morgan fingerprint density at radius 1 is 1.00 bits per heavy atom. The lowest BCUT2D eigenvalue weighted by atomic mass is 10.0. The molecule has 26 heavy (non-hydrogen) atoms. The van der Waals surface area contributed by atoms with E-state index in [9.17, 15) is 9.59 Å². The number of ether oxygens (including phenoxy) is 1. The lowest BCUT2D eigenvalue weighted by Crippen LogP contribution is -2.30. The Morgan fingerprint density at radius 2 is 1.73 bits per heavy atom. The summed E-state index contributed by atoms with van der Waals surface area (Å²) in [5.74, 6) is -1.07. The Hall–Kier alpha value is -2.56. The zero-order valence-electron chi connectivity index (χ0n) is 13.8. The van der Waals surface area contributed by atoms with Crippen molar-refractivity contribution in [2.24, 2.45) is 0 Å². The van der Waals surface area contributed by atoms with Crippen molar-refractivity contribution in [3.8, 4) is 0 Å². The van der Waals surface area contributed by atoms with Gasteiger partial charge in [-0.05, 0) is 42.0 Å². The van der Waals surface area contributed by atoms with E-state index in [4.69, 9.17) is 27.9 Å². The van der Waals surface area contributed by atoms with Crippen molar-refractivity contribution < 1.29 is 14.3 Å². The highest BCUT2D eigenvalue weighted by molar-refractivity contribution is 6.35. The molecule has 0 heterocycles. The van der Waals surface area contributed by atoms with Crippen LogP contribution >= 0.6 is 23.2 Å². The highest BCUT2D eigenvalue weighted by atomic mass is 35.5. The van der Waals surface area contributed by atoms with Gasteiger partial charge in [0, 0.05) is 5.02 Å². The number of hydrogen-bond acceptors (Lipinski definition) is 3. The summed E-state index contributed by atoms with van der Waals surface area (Å²) in [4.78, 5) is 24.8. The van der Waals surface area contributed by atoms with Crippen molar-refractivity contribution in [3.05, 3.63) is 76.3 Å². The molecule has 0 saturated heterocycles. The average Bonchev–Trinajstić information content (AvgIpc) is 2.64. The third-order valence-electron chi connectivity index (χ3n) is 3.85. The van der Waals surface area contributed by atoms with Crippen LogP contribution < -0.4 is 5.32 Å². The number of nitrogens with one attached hydrogen (secondary N) is 1. The van der Waals surface area contributed by atoms with Crippen LogP contribution in [-0.2, 0) is 9.53 Å². The molecule has 6 heteroatoms. The van der Waals surface area contributed by atoms with Crippen LogP contribution in [0.2, 0.25) is 10.0 Å². The van der Waals surface area contributed by atoms with Gasteiger partial charge in [0.2, 0.25) is 0 Å². The van der Waals surface area contributed by atoms with Gasteiger partial charge in [-0.2, -0.15) is 0 Å². The number of hydrogen-bond donors (Lipinski definition) is 1. The number of carbonyl (C=O) groups is 2. The maximum absolute atomic E-state index is 12.5. The zero-order valence-corrected chi connectivity index (χ0v) is 15.3. The highest BCUT2D eigenvalue weighted by Crippen LogP contribution is 2.26.